The number of rotatable bonds is 3. The highest BCUT2D eigenvalue weighted by Crippen LogP contribution is 2.23. The third-order valence-electron chi connectivity index (χ3n) is 2.66. The van der Waals surface area contributed by atoms with Crippen LogP contribution in [0.5, 0.6) is 0 Å². The van der Waals surface area contributed by atoms with Crippen LogP contribution in [0.3, 0.4) is 0 Å². The summed E-state index contributed by atoms with van der Waals surface area (Å²) in [5, 5.41) is 0.407. The van der Waals surface area contributed by atoms with E-state index in [0.717, 1.165) is 16.9 Å². The number of fused-ring (bicyclic) bond motifs is 1. The Balaban J connectivity index is 2.55. The Kier molecular flexibility index (Phi) is 3.02. The lowest BCUT2D eigenvalue weighted by Crippen LogP contribution is -2.18. The van der Waals surface area contributed by atoms with Crippen molar-refractivity contribution in [1.29, 1.82) is 0 Å². The molecule has 0 bridgehead atoms. The summed E-state index contributed by atoms with van der Waals surface area (Å²) in [5.41, 5.74) is 6.85. The van der Waals surface area contributed by atoms with Crippen molar-refractivity contribution in [3.8, 4) is 0 Å². The summed E-state index contributed by atoms with van der Waals surface area (Å²) < 4.78 is 1.95. The summed E-state index contributed by atoms with van der Waals surface area (Å²) in [7, 11) is 0. The summed E-state index contributed by atoms with van der Waals surface area (Å²) in [6.07, 6.45) is 1.89. The molecule has 0 saturated carbocycles. The van der Waals surface area contributed by atoms with Gasteiger partial charge in [0.05, 0.1) is 11.7 Å². The number of hydrogen-bond donors (Lipinski definition) is 1. The molecule has 2 aromatic rings. The van der Waals surface area contributed by atoms with E-state index in [4.69, 9.17) is 17.3 Å². The summed E-state index contributed by atoms with van der Waals surface area (Å²) in [6.45, 7) is 3.80. The lowest BCUT2D eigenvalue weighted by molar-refractivity contribution is -0.118. The number of amides is 1. The fraction of sp³-hybridized carbons (Fsp3) is 0.364. The van der Waals surface area contributed by atoms with Crippen molar-refractivity contribution in [2.75, 3.05) is 0 Å². The molecule has 0 aliphatic heterocycles. The molecule has 2 rings (SSSR count). The number of primary amides is 1. The van der Waals surface area contributed by atoms with Crippen molar-refractivity contribution < 1.29 is 4.79 Å². The summed E-state index contributed by atoms with van der Waals surface area (Å²) in [6, 6.07) is 1.70. The van der Waals surface area contributed by atoms with Crippen LogP contribution in [0.25, 0.3) is 11.0 Å². The quantitative estimate of drug-likeness (QED) is 0.847. The van der Waals surface area contributed by atoms with Crippen molar-refractivity contribution >= 4 is 28.5 Å². The Bertz CT molecular complexity index is 578. The number of halogens is 1. The van der Waals surface area contributed by atoms with Crippen LogP contribution < -0.4 is 5.73 Å². The molecular formula is C11H13ClN4O. The fourth-order valence-corrected chi connectivity index (χ4v) is 2.19. The van der Waals surface area contributed by atoms with Gasteiger partial charge in [0, 0.05) is 18.5 Å². The third-order valence-corrected chi connectivity index (χ3v) is 2.86. The van der Waals surface area contributed by atoms with Gasteiger partial charge in [0.15, 0.2) is 0 Å². The van der Waals surface area contributed by atoms with Crippen LogP contribution >= 0.6 is 11.6 Å². The van der Waals surface area contributed by atoms with Crippen molar-refractivity contribution in [2.45, 2.75) is 26.3 Å². The van der Waals surface area contributed by atoms with Gasteiger partial charge < -0.3 is 10.3 Å². The average Bonchev–Trinajstić information content (AvgIpc) is 2.52. The standard InChI is InChI=1S/C11H13ClN4O/c1-6(3-11(13)17)16-7(2)15-8-5-14-10(12)4-9(8)16/h4-6H,3H2,1-2H3,(H2,13,17). The molecule has 0 spiro atoms. The minimum absolute atomic E-state index is 0.0454. The number of carbonyl (C=O) groups excluding carboxylic acids is 1. The lowest BCUT2D eigenvalue weighted by atomic mass is 10.2. The number of nitrogens with zero attached hydrogens (tertiary/aromatic N) is 3. The van der Waals surface area contributed by atoms with Gasteiger partial charge in [-0.1, -0.05) is 11.6 Å². The minimum atomic E-state index is -0.334. The molecule has 0 fully saturated rings. The second-order valence-electron chi connectivity index (χ2n) is 4.04. The van der Waals surface area contributed by atoms with Crippen LogP contribution in [-0.4, -0.2) is 20.4 Å². The molecular weight excluding hydrogens is 240 g/mol. The van der Waals surface area contributed by atoms with Gasteiger partial charge in [-0.2, -0.15) is 0 Å². The van der Waals surface area contributed by atoms with Gasteiger partial charge >= 0.3 is 0 Å². The molecule has 1 atom stereocenters. The van der Waals surface area contributed by atoms with Gasteiger partial charge in [0.2, 0.25) is 5.91 Å². The first-order chi connectivity index (χ1) is 7.99. The van der Waals surface area contributed by atoms with Crippen LogP contribution in [-0.2, 0) is 4.79 Å². The molecule has 0 aliphatic carbocycles. The highest BCUT2D eigenvalue weighted by atomic mass is 35.5. The van der Waals surface area contributed by atoms with E-state index in [1.807, 2.05) is 18.4 Å². The van der Waals surface area contributed by atoms with Crippen molar-refractivity contribution in [3.05, 3.63) is 23.2 Å². The van der Waals surface area contributed by atoms with Crippen LogP contribution in [0.2, 0.25) is 5.15 Å². The summed E-state index contributed by atoms with van der Waals surface area (Å²) in [5.74, 6) is 0.483. The first kappa shape index (κ1) is 11.9. The Morgan fingerprint density at radius 1 is 1.65 bits per heavy atom. The Labute approximate surface area is 104 Å². The maximum Gasteiger partial charge on any atom is 0.219 e. The number of pyridine rings is 1. The Morgan fingerprint density at radius 3 is 3.00 bits per heavy atom. The Morgan fingerprint density at radius 2 is 2.35 bits per heavy atom. The maximum atomic E-state index is 11.0. The van der Waals surface area contributed by atoms with Gasteiger partial charge in [0.1, 0.15) is 16.5 Å². The molecule has 1 amide bonds. The topological polar surface area (TPSA) is 73.8 Å². The molecule has 0 radical (unpaired) electrons. The van der Waals surface area contributed by atoms with Crippen LogP contribution in [0.15, 0.2) is 12.3 Å². The van der Waals surface area contributed by atoms with E-state index in [1.165, 1.54) is 0 Å². The molecule has 2 N–H and O–H groups in total. The second-order valence-corrected chi connectivity index (χ2v) is 4.43. The normalized spacial score (nSPS) is 12.9. The number of aryl methyl sites for hydroxylation is 1. The summed E-state index contributed by atoms with van der Waals surface area (Å²) in [4.78, 5) is 19.3. The highest BCUT2D eigenvalue weighted by Gasteiger charge is 2.15. The number of aromatic nitrogens is 3. The lowest BCUT2D eigenvalue weighted by Gasteiger charge is -2.14. The zero-order valence-corrected chi connectivity index (χ0v) is 10.4. The second kappa shape index (κ2) is 4.33. The van der Waals surface area contributed by atoms with Crippen molar-refractivity contribution in [2.24, 2.45) is 5.73 Å². The molecule has 2 aromatic heterocycles. The maximum absolute atomic E-state index is 11.0. The monoisotopic (exact) mass is 252 g/mol. The van der Waals surface area contributed by atoms with Crippen molar-refractivity contribution in [3.63, 3.8) is 0 Å². The average molecular weight is 253 g/mol. The minimum Gasteiger partial charge on any atom is -0.370 e. The molecule has 0 saturated heterocycles. The van der Waals surface area contributed by atoms with Gasteiger partial charge in [0.25, 0.3) is 0 Å². The van der Waals surface area contributed by atoms with Crippen LogP contribution in [0.1, 0.15) is 25.2 Å². The molecule has 17 heavy (non-hydrogen) atoms. The summed E-state index contributed by atoms with van der Waals surface area (Å²) >= 11 is 5.87. The van der Waals surface area contributed by atoms with E-state index in [1.54, 1.807) is 12.3 Å². The van der Waals surface area contributed by atoms with E-state index in [2.05, 4.69) is 9.97 Å². The number of nitrogens with two attached hydrogens (primary N) is 1. The molecule has 6 heteroatoms. The molecule has 5 nitrogen and oxygen atoms in total. The molecule has 0 aromatic carbocycles. The van der Waals surface area contributed by atoms with E-state index in [0.29, 0.717) is 5.15 Å². The van der Waals surface area contributed by atoms with Gasteiger partial charge in [-0.15, -0.1) is 0 Å². The zero-order valence-electron chi connectivity index (χ0n) is 9.64. The van der Waals surface area contributed by atoms with Gasteiger partial charge in [-0.05, 0) is 13.8 Å². The van der Waals surface area contributed by atoms with Gasteiger partial charge in [-0.3, -0.25) is 4.79 Å². The smallest absolute Gasteiger partial charge is 0.219 e. The highest BCUT2D eigenvalue weighted by molar-refractivity contribution is 6.29. The van der Waals surface area contributed by atoms with E-state index in [-0.39, 0.29) is 18.4 Å². The number of carbonyl (C=O) groups is 1. The van der Waals surface area contributed by atoms with E-state index in [9.17, 15) is 4.79 Å². The number of imidazole rings is 1. The predicted octanol–water partition coefficient (Wildman–Crippen LogP) is 1.83. The van der Waals surface area contributed by atoms with Crippen LogP contribution in [0.4, 0.5) is 0 Å². The largest absolute Gasteiger partial charge is 0.370 e. The zero-order chi connectivity index (χ0) is 12.6. The van der Waals surface area contributed by atoms with E-state index < -0.39 is 0 Å². The van der Waals surface area contributed by atoms with E-state index >= 15 is 0 Å². The molecule has 0 aliphatic rings. The van der Waals surface area contributed by atoms with Crippen LogP contribution in [0, 0.1) is 6.92 Å². The predicted molar refractivity (Wildman–Crippen MR) is 65.8 cm³/mol. The van der Waals surface area contributed by atoms with Crippen molar-refractivity contribution in [1.82, 2.24) is 14.5 Å². The van der Waals surface area contributed by atoms with Gasteiger partial charge in [-0.25, -0.2) is 9.97 Å². The number of hydrogen-bond acceptors (Lipinski definition) is 3. The third kappa shape index (κ3) is 2.24. The SMILES string of the molecule is Cc1nc2cnc(Cl)cc2n1C(C)CC(N)=O. The molecule has 2 heterocycles. The molecule has 1 unspecified atom stereocenters. The first-order valence-corrected chi connectivity index (χ1v) is 5.65. The molecule has 90 valence electrons. The Hall–Kier alpha value is -1.62. The fourth-order valence-electron chi connectivity index (χ4n) is 2.03. The first-order valence-electron chi connectivity index (χ1n) is 5.27.